The highest BCUT2D eigenvalue weighted by molar-refractivity contribution is 6.30. The Kier molecular flexibility index (Phi) is 2.48. The molecule has 3 nitrogen and oxygen atoms in total. The second-order valence-electron chi connectivity index (χ2n) is 4.43. The predicted octanol–water partition coefficient (Wildman–Crippen LogP) is 1.67. The van der Waals surface area contributed by atoms with Gasteiger partial charge in [0.1, 0.15) is 0 Å². The Labute approximate surface area is 98.6 Å². The number of halogens is 2. The lowest BCUT2D eigenvalue weighted by atomic mass is 10.1. The van der Waals surface area contributed by atoms with E-state index in [0.29, 0.717) is 22.8 Å². The molecule has 0 bridgehead atoms. The van der Waals surface area contributed by atoms with Gasteiger partial charge in [-0.1, -0.05) is 11.6 Å². The van der Waals surface area contributed by atoms with Gasteiger partial charge < -0.3 is 10.2 Å². The minimum absolute atomic E-state index is 0.319. The standard InChI is InChI=1S/C11H13ClFN3/c12-8-3-9(13)11(15-5-8)16-2-1-7-4-14-6-10(7)16/h3,5,7,10,14H,1-2,4,6H2/t7-,10+/m0/s1. The molecule has 86 valence electrons. The summed E-state index contributed by atoms with van der Waals surface area (Å²) in [5.41, 5.74) is 0. The van der Waals surface area contributed by atoms with E-state index in [4.69, 9.17) is 11.6 Å². The van der Waals surface area contributed by atoms with E-state index in [9.17, 15) is 4.39 Å². The van der Waals surface area contributed by atoms with Gasteiger partial charge in [-0.05, 0) is 18.4 Å². The summed E-state index contributed by atoms with van der Waals surface area (Å²) >= 11 is 5.70. The number of nitrogens with one attached hydrogen (secondary N) is 1. The second kappa shape index (κ2) is 3.86. The summed E-state index contributed by atoms with van der Waals surface area (Å²) in [4.78, 5) is 6.18. The third kappa shape index (κ3) is 1.57. The van der Waals surface area contributed by atoms with Crippen LogP contribution >= 0.6 is 11.6 Å². The third-order valence-electron chi connectivity index (χ3n) is 3.51. The van der Waals surface area contributed by atoms with Gasteiger partial charge in [-0.15, -0.1) is 0 Å². The Morgan fingerprint density at radius 3 is 3.19 bits per heavy atom. The van der Waals surface area contributed by atoms with Crippen LogP contribution in [-0.2, 0) is 0 Å². The van der Waals surface area contributed by atoms with Crippen LogP contribution in [0.3, 0.4) is 0 Å². The molecule has 0 aromatic carbocycles. The molecule has 1 aromatic heterocycles. The first kappa shape index (κ1) is 10.3. The Morgan fingerprint density at radius 2 is 2.38 bits per heavy atom. The van der Waals surface area contributed by atoms with E-state index < -0.39 is 0 Å². The fourth-order valence-corrected chi connectivity index (χ4v) is 2.88. The van der Waals surface area contributed by atoms with Gasteiger partial charge in [-0.3, -0.25) is 0 Å². The molecule has 3 rings (SSSR count). The summed E-state index contributed by atoms with van der Waals surface area (Å²) in [5.74, 6) is 0.762. The predicted molar refractivity (Wildman–Crippen MR) is 61.3 cm³/mol. The Bertz CT molecular complexity index is 412. The van der Waals surface area contributed by atoms with E-state index in [2.05, 4.69) is 15.2 Å². The molecule has 1 aromatic rings. The van der Waals surface area contributed by atoms with E-state index in [1.54, 1.807) is 0 Å². The van der Waals surface area contributed by atoms with E-state index >= 15 is 0 Å². The Balaban J connectivity index is 1.92. The molecule has 16 heavy (non-hydrogen) atoms. The maximum absolute atomic E-state index is 13.8. The zero-order chi connectivity index (χ0) is 11.1. The lowest BCUT2D eigenvalue weighted by Gasteiger charge is -2.24. The van der Waals surface area contributed by atoms with Crippen molar-refractivity contribution in [2.75, 3.05) is 24.5 Å². The summed E-state index contributed by atoms with van der Waals surface area (Å²) in [7, 11) is 0. The molecule has 0 spiro atoms. The zero-order valence-corrected chi connectivity index (χ0v) is 9.54. The smallest absolute Gasteiger partial charge is 0.167 e. The molecule has 2 fully saturated rings. The Hall–Kier alpha value is -0.870. The highest BCUT2D eigenvalue weighted by Crippen LogP contribution is 2.32. The molecule has 0 unspecified atom stereocenters. The summed E-state index contributed by atoms with van der Waals surface area (Å²) < 4.78 is 13.8. The molecule has 2 atom stereocenters. The number of hydrogen-bond acceptors (Lipinski definition) is 3. The normalized spacial score (nSPS) is 28.5. The summed E-state index contributed by atoms with van der Waals surface area (Å²) in [6.45, 7) is 2.85. The lowest BCUT2D eigenvalue weighted by molar-refractivity contribution is 0.566. The van der Waals surface area contributed by atoms with E-state index in [0.717, 1.165) is 26.1 Å². The van der Waals surface area contributed by atoms with Crippen molar-refractivity contribution >= 4 is 17.4 Å². The number of anilines is 1. The average molecular weight is 242 g/mol. The van der Waals surface area contributed by atoms with Gasteiger partial charge in [0.15, 0.2) is 11.6 Å². The van der Waals surface area contributed by atoms with Crippen molar-refractivity contribution in [3.8, 4) is 0 Å². The fourth-order valence-electron chi connectivity index (χ4n) is 2.73. The molecule has 1 N–H and O–H groups in total. The van der Waals surface area contributed by atoms with E-state index in [1.807, 2.05) is 0 Å². The topological polar surface area (TPSA) is 28.2 Å². The monoisotopic (exact) mass is 241 g/mol. The van der Waals surface area contributed by atoms with Crippen molar-refractivity contribution < 1.29 is 4.39 Å². The largest absolute Gasteiger partial charge is 0.350 e. The molecule has 0 saturated carbocycles. The number of rotatable bonds is 1. The third-order valence-corrected chi connectivity index (χ3v) is 3.71. The minimum Gasteiger partial charge on any atom is -0.350 e. The highest BCUT2D eigenvalue weighted by atomic mass is 35.5. The molecule has 2 aliphatic rings. The summed E-state index contributed by atoms with van der Waals surface area (Å²) in [6.07, 6.45) is 2.62. The average Bonchev–Trinajstić information content (AvgIpc) is 2.80. The van der Waals surface area contributed by atoms with Crippen LogP contribution in [0.5, 0.6) is 0 Å². The van der Waals surface area contributed by atoms with Gasteiger partial charge in [0.2, 0.25) is 0 Å². The minimum atomic E-state index is -0.319. The van der Waals surface area contributed by atoms with Crippen LogP contribution < -0.4 is 10.2 Å². The molecule has 2 saturated heterocycles. The van der Waals surface area contributed by atoms with Crippen molar-refractivity contribution in [3.63, 3.8) is 0 Å². The number of aromatic nitrogens is 1. The van der Waals surface area contributed by atoms with Crippen molar-refractivity contribution in [1.29, 1.82) is 0 Å². The van der Waals surface area contributed by atoms with Gasteiger partial charge >= 0.3 is 0 Å². The molecule has 0 aliphatic carbocycles. The first-order valence-electron chi connectivity index (χ1n) is 5.54. The van der Waals surface area contributed by atoms with Gasteiger partial charge in [0.25, 0.3) is 0 Å². The van der Waals surface area contributed by atoms with Crippen LogP contribution in [0.2, 0.25) is 5.02 Å². The van der Waals surface area contributed by atoms with Crippen LogP contribution in [0.25, 0.3) is 0 Å². The quantitative estimate of drug-likeness (QED) is 0.811. The first-order valence-corrected chi connectivity index (χ1v) is 5.92. The lowest BCUT2D eigenvalue weighted by Crippen LogP contribution is -2.35. The van der Waals surface area contributed by atoms with Crippen LogP contribution in [0, 0.1) is 11.7 Å². The van der Waals surface area contributed by atoms with E-state index in [1.165, 1.54) is 12.3 Å². The fraction of sp³-hybridized carbons (Fsp3) is 0.545. The summed E-state index contributed by atoms with van der Waals surface area (Å²) in [6, 6.07) is 1.72. The molecule has 3 heterocycles. The molecular weight excluding hydrogens is 229 g/mol. The van der Waals surface area contributed by atoms with Crippen molar-refractivity contribution in [1.82, 2.24) is 10.3 Å². The van der Waals surface area contributed by atoms with Crippen molar-refractivity contribution in [2.24, 2.45) is 5.92 Å². The maximum atomic E-state index is 13.8. The highest BCUT2D eigenvalue weighted by Gasteiger charge is 2.38. The van der Waals surface area contributed by atoms with Crippen LogP contribution in [-0.4, -0.2) is 30.7 Å². The van der Waals surface area contributed by atoms with E-state index in [-0.39, 0.29) is 5.82 Å². The van der Waals surface area contributed by atoms with Crippen LogP contribution in [0.1, 0.15) is 6.42 Å². The number of pyridine rings is 1. The van der Waals surface area contributed by atoms with Gasteiger partial charge in [0.05, 0.1) is 5.02 Å². The van der Waals surface area contributed by atoms with Crippen molar-refractivity contribution in [2.45, 2.75) is 12.5 Å². The molecule has 0 amide bonds. The van der Waals surface area contributed by atoms with Crippen LogP contribution in [0.15, 0.2) is 12.3 Å². The van der Waals surface area contributed by atoms with Gasteiger partial charge in [-0.25, -0.2) is 9.37 Å². The molecule has 0 radical (unpaired) electrons. The number of nitrogens with zero attached hydrogens (tertiary/aromatic N) is 2. The Morgan fingerprint density at radius 1 is 1.50 bits per heavy atom. The first-order chi connectivity index (χ1) is 7.75. The van der Waals surface area contributed by atoms with Crippen LogP contribution in [0.4, 0.5) is 10.2 Å². The molecule has 2 aliphatic heterocycles. The second-order valence-corrected chi connectivity index (χ2v) is 4.86. The van der Waals surface area contributed by atoms with Gasteiger partial charge in [0, 0.05) is 31.9 Å². The summed E-state index contributed by atoms with van der Waals surface area (Å²) in [5, 5.41) is 3.69. The molecular formula is C11H13ClFN3. The number of hydrogen-bond donors (Lipinski definition) is 1. The zero-order valence-electron chi connectivity index (χ0n) is 8.79. The molecule has 5 heteroatoms. The SMILES string of the molecule is Fc1cc(Cl)cnc1N1CC[C@H]2CNC[C@H]21. The van der Waals surface area contributed by atoms with Gasteiger partial charge in [-0.2, -0.15) is 0 Å². The maximum Gasteiger partial charge on any atom is 0.167 e. The number of fused-ring (bicyclic) bond motifs is 1. The van der Waals surface area contributed by atoms with Crippen molar-refractivity contribution in [3.05, 3.63) is 23.1 Å².